The molecule has 0 radical (unpaired) electrons. The SMILES string of the molecule is CC(C)Oc1nc(Cl)nc(-c2cc(Cl)cc(Cl)c2)n1. The number of hydrogen-bond acceptors (Lipinski definition) is 4. The van der Waals surface area contributed by atoms with Crippen molar-refractivity contribution >= 4 is 34.8 Å². The molecule has 0 fully saturated rings. The zero-order valence-corrected chi connectivity index (χ0v) is 12.5. The average Bonchev–Trinajstić information content (AvgIpc) is 2.25. The van der Waals surface area contributed by atoms with E-state index in [0.717, 1.165) is 0 Å². The van der Waals surface area contributed by atoms with E-state index in [1.807, 2.05) is 13.8 Å². The minimum Gasteiger partial charge on any atom is -0.461 e. The van der Waals surface area contributed by atoms with Gasteiger partial charge in [0, 0.05) is 15.6 Å². The van der Waals surface area contributed by atoms with Crippen LogP contribution < -0.4 is 4.74 Å². The summed E-state index contributed by atoms with van der Waals surface area (Å²) in [6.45, 7) is 3.74. The minimum atomic E-state index is -0.0609. The summed E-state index contributed by atoms with van der Waals surface area (Å²) in [4.78, 5) is 12.1. The summed E-state index contributed by atoms with van der Waals surface area (Å²) in [5.74, 6) is 0.361. The maximum absolute atomic E-state index is 5.94. The Morgan fingerprint density at radius 2 is 1.58 bits per heavy atom. The van der Waals surface area contributed by atoms with E-state index in [1.165, 1.54) is 0 Å². The summed E-state index contributed by atoms with van der Waals surface area (Å²) >= 11 is 17.7. The number of hydrogen-bond donors (Lipinski definition) is 0. The van der Waals surface area contributed by atoms with Crippen LogP contribution in [0.5, 0.6) is 6.01 Å². The first-order valence-electron chi connectivity index (χ1n) is 5.49. The Morgan fingerprint density at radius 3 is 2.16 bits per heavy atom. The molecule has 100 valence electrons. The van der Waals surface area contributed by atoms with Gasteiger partial charge in [-0.3, -0.25) is 0 Å². The molecule has 0 saturated carbocycles. The maximum atomic E-state index is 5.94. The van der Waals surface area contributed by atoms with E-state index in [1.54, 1.807) is 18.2 Å². The van der Waals surface area contributed by atoms with Gasteiger partial charge in [-0.15, -0.1) is 0 Å². The van der Waals surface area contributed by atoms with Crippen molar-refractivity contribution in [3.05, 3.63) is 33.5 Å². The van der Waals surface area contributed by atoms with E-state index in [-0.39, 0.29) is 17.4 Å². The Balaban J connectivity index is 2.46. The lowest BCUT2D eigenvalue weighted by molar-refractivity contribution is 0.222. The summed E-state index contributed by atoms with van der Waals surface area (Å²) in [6.07, 6.45) is -0.0609. The summed E-state index contributed by atoms with van der Waals surface area (Å²) in [5, 5.41) is 1.03. The lowest BCUT2D eigenvalue weighted by Crippen LogP contribution is -2.09. The van der Waals surface area contributed by atoms with Crippen LogP contribution in [0.15, 0.2) is 18.2 Å². The molecule has 0 atom stereocenters. The van der Waals surface area contributed by atoms with E-state index < -0.39 is 0 Å². The summed E-state index contributed by atoms with van der Waals surface area (Å²) in [6, 6.07) is 5.18. The van der Waals surface area contributed by atoms with Crippen molar-refractivity contribution in [2.75, 3.05) is 0 Å². The molecule has 0 saturated heterocycles. The fourth-order valence-electron chi connectivity index (χ4n) is 1.41. The molecule has 0 spiro atoms. The highest BCUT2D eigenvalue weighted by molar-refractivity contribution is 6.35. The van der Waals surface area contributed by atoms with Crippen LogP contribution in [0, 0.1) is 0 Å². The third kappa shape index (κ3) is 3.93. The van der Waals surface area contributed by atoms with Crippen LogP contribution in [-0.2, 0) is 0 Å². The Morgan fingerprint density at radius 1 is 0.947 bits per heavy atom. The van der Waals surface area contributed by atoms with Gasteiger partial charge in [-0.2, -0.15) is 15.0 Å². The van der Waals surface area contributed by atoms with Gasteiger partial charge in [0.15, 0.2) is 5.82 Å². The molecule has 19 heavy (non-hydrogen) atoms. The Bertz CT molecular complexity index is 585. The van der Waals surface area contributed by atoms with Crippen LogP contribution in [0.4, 0.5) is 0 Å². The lowest BCUT2D eigenvalue weighted by Gasteiger charge is -2.09. The van der Waals surface area contributed by atoms with Crippen molar-refractivity contribution in [3.63, 3.8) is 0 Å². The second-order valence-electron chi connectivity index (χ2n) is 4.04. The minimum absolute atomic E-state index is 0.0525. The van der Waals surface area contributed by atoms with E-state index >= 15 is 0 Å². The van der Waals surface area contributed by atoms with E-state index in [2.05, 4.69) is 15.0 Å². The second-order valence-corrected chi connectivity index (χ2v) is 5.25. The smallest absolute Gasteiger partial charge is 0.321 e. The normalized spacial score (nSPS) is 10.8. The van der Waals surface area contributed by atoms with Gasteiger partial charge in [0.05, 0.1) is 6.10 Å². The molecule has 0 N–H and O–H groups in total. The Kier molecular flexibility index (Phi) is 4.45. The third-order valence-corrected chi connectivity index (χ3v) is 2.65. The highest BCUT2D eigenvalue weighted by atomic mass is 35.5. The summed E-state index contributed by atoms with van der Waals surface area (Å²) in [7, 11) is 0. The number of aromatic nitrogens is 3. The molecule has 0 amide bonds. The number of halogens is 3. The summed E-state index contributed by atoms with van der Waals surface area (Å²) < 4.78 is 5.41. The first kappa shape index (κ1) is 14.3. The standard InChI is InChI=1S/C12H10Cl3N3O/c1-6(2)19-12-17-10(16-11(15)18-12)7-3-8(13)5-9(14)4-7/h3-6H,1-2H3. The number of benzene rings is 1. The average molecular weight is 319 g/mol. The third-order valence-electron chi connectivity index (χ3n) is 2.05. The van der Waals surface area contributed by atoms with Gasteiger partial charge in [0.2, 0.25) is 5.28 Å². The van der Waals surface area contributed by atoms with Crippen LogP contribution in [0.3, 0.4) is 0 Å². The van der Waals surface area contributed by atoms with Gasteiger partial charge in [0.25, 0.3) is 0 Å². The number of nitrogens with zero attached hydrogens (tertiary/aromatic N) is 3. The van der Waals surface area contributed by atoms with Crippen LogP contribution in [0.25, 0.3) is 11.4 Å². The first-order valence-corrected chi connectivity index (χ1v) is 6.62. The molecule has 2 rings (SSSR count). The molecule has 4 nitrogen and oxygen atoms in total. The molecule has 1 aromatic heterocycles. The zero-order valence-electron chi connectivity index (χ0n) is 10.2. The zero-order chi connectivity index (χ0) is 14.0. The molecule has 0 bridgehead atoms. The summed E-state index contributed by atoms with van der Waals surface area (Å²) in [5.41, 5.74) is 0.649. The van der Waals surface area contributed by atoms with Gasteiger partial charge in [-0.25, -0.2) is 0 Å². The van der Waals surface area contributed by atoms with Crippen LogP contribution in [0.2, 0.25) is 15.3 Å². The Hall–Kier alpha value is -1.10. The quantitative estimate of drug-likeness (QED) is 0.847. The van der Waals surface area contributed by atoms with E-state index in [9.17, 15) is 0 Å². The molecule has 1 aromatic carbocycles. The number of rotatable bonds is 3. The number of ether oxygens (including phenoxy) is 1. The molecule has 1 heterocycles. The Labute approximate surface area is 125 Å². The fraction of sp³-hybridized carbons (Fsp3) is 0.250. The van der Waals surface area contributed by atoms with Gasteiger partial charge in [-0.05, 0) is 43.6 Å². The topological polar surface area (TPSA) is 47.9 Å². The molecule has 0 aliphatic rings. The second kappa shape index (κ2) is 5.90. The predicted octanol–water partition coefficient (Wildman–Crippen LogP) is 4.29. The first-order chi connectivity index (χ1) is 8.94. The molecular weight excluding hydrogens is 309 g/mol. The molecule has 0 aliphatic heterocycles. The lowest BCUT2D eigenvalue weighted by atomic mass is 10.2. The highest BCUT2D eigenvalue weighted by Gasteiger charge is 2.11. The van der Waals surface area contributed by atoms with Crippen LogP contribution in [0.1, 0.15) is 13.8 Å². The van der Waals surface area contributed by atoms with Gasteiger partial charge < -0.3 is 4.74 Å². The van der Waals surface area contributed by atoms with Gasteiger partial charge in [-0.1, -0.05) is 23.2 Å². The van der Waals surface area contributed by atoms with Crippen molar-refractivity contribution in [1.29, 1.82) is 0 Å². The molecule has 2 aromatic rings. The van der Waals surface area contributed by atoms with Crippen molar-refractivity contribution < 1.29 is 4.74 Å². The van der Waals surface area contributed by atoms with Crippen molar-refractivity contribution in [1.82, 2.24) is 15.0 Å². The largest absolute Gasteiger partial charge is 0.461 e. The van der Waals surface area contributed by atoms with E-state index in [4.69, 9.17) is 39.5 Å². The van der Waals surface area contributed by atoms with Crippen LogP contribution >= 0.6 is 34.8 Å². The highest BCUT2D eigenvalue weighted by Crippen LogP contribution is 2.26. The van der Waals surface area contributed by atoms with Crippen molar-refractivity contribution in [3.8, 4) is 17.4 Å². The van der Waals surface area contributed by atoms with Gasteiger partial charge in [0.1, 0.15) is 0 Å². The monoisotopic (exact) mass is 317 g/mol. The molecule has 7 heteroatoms. The van der Waals surface area contributed by atoms with Crippen molar-refractivity contribution in [2.24, 2.45) is 0 Å². The molecular formula is C12H10Cl3N3O. The van der Waals surface area contributed by atoms with Crippen LogP contribution in [-0.4, -0.2) is 21.1 Å². The van der Waals surface area contributed by atoms with Gasteiger partial charge >= 0.3 is 6.01 Å². The molecule has 0 aliphatic carbocycles. The van der Waals surface area contributed by atoms with E-state index in [0.29, 0.717) is 21.4 Å². The maximum Gasteiger partial charge on any atom is 0.321 e. The van der Waals surface area contributed by atoms with Crippen molar-refractivity contribution in [2.45, 2.75) is 20.0 Å². The fourth-order valence-corrected chi connectivity index (χ4v) is 2.09. The predicted molar refractivity (Wildman–Crippen MR) is 76.1 cm³/mol. The molecule has 0 unspecified atom stereocenters.